The fourth-order valence-electron chi connectivity index (χ4n) is 2.36. The molecule has 0 aliphatic heterocycles. The third-order valence-electron chi connectivity index (χ3n) is 3.70. The molecule has 0 saturated heterocycles. The number of hydrogen-bond donors (Lipinski definition) is 1. The highest BCUT2D eigenvalue weighted by Crippen LogP contribution is 2.28. The molecule has 0 bridgehead atoms. The first-order valence-corrected chi connectivity index (χ1v) is 8.28. The zero-order valence-corrected chi connectivity index (χ0v) is 14.3. The van der Waals surface area contributed by atoms with Crippen LogP contribution in [0.5, 0.6) is 11.5 Å². The van der Waals surface area contributed by atoms with E-state index in [2.05, 4.69) is 9.55 Å². The monoisotopic (exact) mass is 337 g/mol. The lowest BCUT2D eigenvalue weighted by Gasteiger charge is -2.09. The molecule has 2 aromatic rings. The van der Waals surface area contributed by atoms with Crippen LogP contribution in [-0.4, -0.2) is 23.3 Å². The van der Waals surface area contributed by atoms with Crippen molar-refractivity contribution >= 4 is 11.6 Å². The van der Waals surface area contributed by atoms with Crippen molar-refractivity contribution < 1.29 is 9.47 Å². The lowest BCUT2D eigenvalue weighted by atomic mass is 10.2. The SMILES string of the molecule is COc1ccc(OCCCCCCn2cncc2CN)c(Cl)c1. The van der Waals surface area contributed by atoms with E-state index in [1.807, 2.05) is 24.7 Å². The number of aryl methyl sites for hydroxylation is 1. The van der Waals surface area contributed by atoms with Gasteiger partial charge in [-0.15, -0.1) is 0 Å². The van der Waals surface area contributed by atoms with Crippen LogP contribution in [0, 0.1) is 0 Å². The minimum Gasteiger partial charge on any atom is -0.497 e. The second kappa shape index (κ2) is 9.43. The Bertz CT molecular complexity index is 601. The molecule has 5 nitrogen and oxygen atoms in total. The van der Waals surface area contributed by atoms with Gasteiger partial charge in [0.05, 0.1) is 30.8 Å². The van der Waals surface area contributed by atoms with Crippen molar-refractivity contribution in [1.82, 2.24) is 9.55 Å². The highest BCUT2D eigenvalue weighted by Gasteiger charge is 2.03. The Kier molecular flexibility index (Phi) is 7.23. The Labute approximate surface area is 142 Å². The standard InChI is InChI=1S/C17H24ClN3O2/c1-22-15-6-7-17(16(18)10-15)23-9-5-3-2-4-8-21-13-20-12-14(21)11-19/h6-7,10,12-13H,2-5,8-9,11,19H2,1H3. The van der Waals surface area contributed by atoms with Gasteiger partial charge in [-0.1, -0.05) is 24.4 Å². The first-order valence-electron chi connectivity index (χ1n) is 7.90. The molecule has 23 heavy (non-hydrogen) atoms. The Morgan fingerprint density at radius 2 is 2.04 bits per heavy atom. The highest BCUT2D eigenvalue weighted by atomic mass is 35.5. The fourth-order valence-corrected chi connectivity index (χ4v) is 2.59. The zero-order chi connectivity index (χ0) is 16.5. The maximum absolute atomic E-state index is 6.13. The number of nitrogens with two attached hydrogens (primary N) is 1. The normalized spacial score (nSPS) is 10.7. The molecular weight excluding hydrogens is 314 g/mol. The average molecular weight is 338 g/mol. The van der Waals surface area contributed by atoms with E-state index in [0.29, 0.717) is 23.9 Å². The van der Waals surface area contributed by atoms with E-state index in [4.69, 9.17) is 26.8 Å². The Morgan fingerprint density at radius 1 is 1.22 bits per heavy atom. The van der Waals surface area contributed by atoms with Crippen molar-refractivity contribution in [3.8, 4) is 11.5 Å². The van der Waals surface area contributed by atoms with Gasteiger partial charge in [0.1, 0.15) is 11.5 Å². The molecule has 0 saturated carbocycles. The van der Waals surface area contributed by atoms with Gasteiger partial charge in [0, 0.05) is 25.4 Å². The average Bonchev–Trinajstić information content (AvgIpc) is 3.02. The fraction of sp³-hybridized carbons (Fsp3) is 0.471. The molecule has 126 valence electrons. The highest BCUT2D eigenvalue weighted by molar-refractivity contribution is 6.32. The topological polar surface area (TPSA) is 62.3 Å². The van der Waals surface area contributed by atoms with E-state index in [1.165, 1.54) is 0 Å². The van der Waals surface area contributed by atoms with E-state index < -0.39 is 0 Å². The van der Waals surface area contributed by atoms with Gasteiger partial charge in [0.2, 0.25) is 0 Å². The molecule has 6 heteroatoms. The number of halogens is 1. The number of imidazole rings is 1. The molecule has 0 amide bonds. The number of unbranched alkanes of at least 4 members (excludes halogenated alkanes) is 3. The molecule has 1 aromatic carbocycles. The van der Waals surface area contributed by atoms with Crippen LogP contribution >= 0.6 is 11.6 Å². The van der Waals surface area contributed by atoms with E-state index in [1.54, 1.807) is 13.2 Å². The lowest BCUT2D eigenvalue weighted by Crippen LogP contribution is -2.06. The van der Waals surface area contributed by atoms with Crippen LogP contribution < -0.4 is 15.2 Å². The van der Waals surface area contributed by atoms with Crippen molar-refractivity contribution in [3.63, 3.8) is 0 Å². The summed E-state index contributed by atoms with van der Waals surface area (Å²) in [6, 6.07) is 5.45. The predicted molar refractivity (Wildman–Crippen MR) is 92.1 cm³/mol. The van der Waals surface area contributed by atoms with Crippen LogP contribution in [0.25, 0.3) is 0 Å². The molecule has 0 spiro atoms. The molecule has 0 aliphatic carbocycles. The van der Waals surface area contributed by atoms with Crippen molar-refractivity contribution in [1.29, 1.82) is 0 Å². The molecule has 1 aromatic heterocycles. The van der Waals surface area contributed by atoms with Gasteiger partial charge in [-0.3, -0.25) is 0 Å². The first-order chi connectivity index (χ1) is 11.2. The van der Waals surface area contributed by atoms with Crippen LogP contribution in [0.3, 0.4) is 0 Å². The third kappa shape index (κ3) is 5.44. The van der Waals surface area contributed by atoms with Gasteiger partial charge >= 0.3 is 0 Å². The molecule has 0 fully saturated rings. The number of rotatable bonds is 10. The molecule has 0 radical (unpaired) electrons. The van der Waals surface area contributed by atoms with Crippen LogP contribution in [0.1, 0.15) is 31.4 Å². The Hall–Kier alpha value is -1.72. The van der Waals surface area contributed by atoms with Crippen LogP contribution in [0.15, 0.2) is 30.7 Å². The van der Waals surface area contributed by atoms with Gasteiger partial charge in [0.15, 0.2) is 0 Å². The summed E-state index contributed by atoms with van der Waals surface area (Å²) < 4.78 is 12.9. The van der Waals surface area contributed by atoms with E-state index in [0.717, 1.165) is 43.7 Å². The summed E-state index contributed by atoms with van der Waals surface area (Å²) in [6.07, 6.45) is 8.08. The van der Waals surface area contributed by atoms with Crippen LogP contribution in [0.4, 0.5) is 0 Å². The second-order valence-electron chi connectivity index (χ2n) is 5.34. The predicted octanol–water partition coefficient (Wildman–Crippen LogP) is 3.64. The number of nitrogens with zero attached hydrogens (tertiary/aromatic N) is 2. The van der Waals surface area contributed by atoms with E-state index in [-0.39, 0.29) is 0 Å². The molecule has 0 unspecified atom stereocenters. The summed E-state index contributed by atoms with van der Waals surface area (Å²) in [5.41, 5.74) is 6.74. The minimum atomic E-state index is 0.538. The molecular formula is C17H24ClN3O2. The number of methoxy groups -OCH3 is 1. The van der Waals surface area contributed by atoms with Crippen molar-refractivity contribution in [2.75, 3.05) is 13.7 Å². The van der Waals surface area contributed by atoms with Gasteiger partial charge in [0.25, 0.3) is 0 Å². The van der Waals surface area contributed by atoms with E-state index >= 15 is 0 Å². The van der Waals surface area contributed by atoms with Gasteiger partial charge in [-0.25, -0.2) is 4.98 Å². The minimum absolute atomic E-state index is 0.538. The first kappa shape index (κ1) is 17.6. The third-order valence-corrected chi connectivity index (χ3v) is 3.99. The number of ether oxygens (including phenoxy) is 2. The number of benzene rings is 1. The lowest BCUT2D eigenvalue weighted by molar-refractivity contribution is 0.303. The molecule has 0 aliphatic rings. The van der Waals surface area contributed by atoms with Gasteiger partial charge in [-0.2, -0.15) is 0 Å². The van der Waals surface area contributed by atoms with Crippen LogP contribution in [0.2, 0.25) is 5.02 Å². The molecule has 0 atom stereocenters. The molecule has 1 heterocycles. The smallest absolute Gasteiger partial charge is 0.138 e. The molecule has 2 N–H and O–H groups in total. The summed E-state index contributed by atoms with van der Waals surface area (Å²) in [4.78, 5) is 4.12. The number of hydrogen-bond acceptors (Lipinski definition) is 4. The summed E-state index contributed by atoms with van der Waals surface area (Å²) in [5, 5.41) is 0.582. The quantitative estimate of drug-likeness (QED) is 0.672. The summed E-state index contributed by atoms with van der Waals surface area (Å²) in [6.45, 7) is 2.18. The van der Waals surface area contributed by atoms with Crippen molar-refractivity contribution in [3.05, 3.63) is 41.4 Å². The van der Waals surface area contributed by atoms with Crippen molar-refractivity contribution in [2.24, 2.45) is 5.73 Å². The maximum atomic E-state index is 6.13. The summed E-state index contributed by atoms with van der Waals surface area (Å²) in [7, 11) is 1.62. The van der Waals surface area contributed by atoms with Gasteiger partial charge in [-0.05, 0) is 25.0 Å². The van der Waals surface area contributed by atoms with Crippen LogP contribution in [-0.2, 0) is 13.1 Å². The van der Waals surface area contributed by atoms with E-state index in [9.17, 15) is 0 Å². The summed E-state index contributed by atoms with van der Waals surface area (Å²) in [5.74, 6) is 1.44. The molecule has 2 rings (SSSR count). The largest absolute Gasteiger partial charge is 0.497 e. The van der Waals surface area contributed by atoms with Crippen molar-refractivity contribution in [2.45, 2.75) is 38.8 Å². The summed E-state index contributed by atoms with van der Waals surface area (Å²) >= 11 is 6.13. The zero-order valence-electron chi connectivity index (χ0n) is 13.5. The Balaban J connectivity index is 1.59. The Morgan fingerprint density at radius 3 is 2.78 bits per heavy atom. The number of aromatic nitrogens is 2. The van der Waals surface area contributed by atoms with Gasteiger partial charge < -0.3 is 19.8 Å². The maximum Gasteiger partial charge on any atom is 0.138 e. The second-order valence-corrected chi connectivity index (χ2v) is 5.75.